The number of nitrogens with one attached hydrogen (secondary N) is 1. The van der Waals surface area contributed by atoms with Crippen LogP contribution in [-0.2, 0) is 10.0 Å². The SMILES string of the molecule is CCCC(=[N-])c1[c-]c(=O)[nH]c(-c2cc(S(=O)(=O)N3CC(N(CCCO)CCCO)C3)ccc2OCC)n1.[CH3-].[Li+]. The Morgan fingerprint density at radius 2 is 1.87 bits per heavy atom. The van der Waals surface area contributed by atoms with E-state index in [9.17, 15) is 28.8 Å². The maximum Gasteiger partial charge on any atom is 1.00 e. The van der Waals surface area contributed by atoms with Crippen LogP contribution in [0.25, 0.3) is 16.8 Å². The van der Waals surface area contributed by atoms with E-state index in [2.05, 4.69) is 20.9 Å². The number of benzene rings is 1. The number of nitrogens with zero attached hydrogens (tertiary/aromatic N) is 4. The summed E-state index contributed by atoms with van der Waals surface area (Å²) in [5.41, 5.74) is -0.387. The molecule has 2 aromatic rings. The smallest absolute Gasteiger partial charge is 0.906 e. The van der Waals surface area contributed by atoms with Crippen LogP contribution in [0.2, 0.25) is 0 Å². The molecule has 212 valence electrons. The van der Waals surface area contributed by atoms with E-state index in [1.807, 2.05) is 6.92 Å². The summed E-state index contributed by atoms with van der Waals surface area (Å²) >= 11 is 0. The van der Waals surface area contributed by atoms with E-state index in [4.69, 9.17) is 4.74 Å². The molecule has 13 heteroatoms. The molecule has 0 atom stereocenters. The van der Waals surface area contributed by atoms with Gasteiger partial charge in [0, 0.05) is 45.4 Å². The molecule has 1 saturated heterocycles. The maximum absolute atomic E-state index is 13.4. The molecule has 11 nitrogen and oxygen atoms in total. The van der Waals surface area contributed by atoms with E-state index < -0.39 is 15.6 Å². The fourth-order valence-electron chi connectivity index (χ4n) is 4.19. The van der Waals surface area contributed by atoms with Gasteiger partial charge in [0.15, 0.2) is 5.56 Å². The number of aromatic nitrogens is 2. The summed E-state index contributed by atoms with van der Waals surface area (Å²) in [5.74, 6) is 0.417. The largest absolute Gasteiger partial charge is 1.00 e. The average Bonchev–Trinajstić information content (AvgIpc) is 2.84. The van der Waals surface area contributed by atoms with Gasteiger partial charge in [-0.2, -0.15) is 10.4 Å². The van der Waals surface area contributed by atoms with Gasteiger partial charge in [-0.3, -0.25) is 14.7 Å². The fourth-order valence-corrected chi connectivity index (χ4v) is 5.73. The standard InChI is InChI=1S/C25H35N5O6S.CH3.Li/c1-3-7-21(26)22-15-24(33)28-25(27-22)20-14-19(8-9-23(20)36-4-2)37(34,35)30-16-18(17-30)29(10-5-12-31)11-6-13-32;;/h8-9,14,18,31-32H,3-7,10-13,16-17H2,1-2H3,(H,27,28,33);1H3;/q-2;-1;+1. The van der Waals surface area contributed by atoms with E-state index in [1.165, 1.54) is 22.5 Å². The van der Waals surface area contributed by atoms with Crippen LogP contribution in [0.1, 0.15) is 45.2 Å². The minimum absolute atomic E-state index is 0. The molecule has 0 amide bonds. The van der Waals surface area contributed by atoms with Gasteiger partial charge >= 0.3 is 18.9 Å². The van der Waals surface area contributed by atoms with Crippen molar-refractivity contribution in [2.75, 3.05) is 46.0 Å². The van der Waals surface area contributed by atoms with Gasteiger partial charge in [0.05, 0.1) is 17.1 Å². The molecule has 1 aromatic carbocycles. The van der Waals surface area contributed by atoms with E-state index in [0.717, 1.165) is 0 Å². The number of rotatable bonds is 15. The molecule has 0 radical (unpaired) electrons. The van der Waals surface area contributed by atoms with Gasteiger partial charge in [-0.15, -0.1) is 12.1 Å². The molecule has 0 unspecified atom stereocenters. The van der Waals surface area contributed by atoms with E-state index in [1.54, 1.807) is 6.92 Å². The molecule has 3 rings (SSSR count). The summed E-state index contributed by atoms with van der Waals surface area (Å²) in [6.07, 6.45) is 2.12. The van der Waals surface area contributed by atoms with Crippen molar-refractivity contribution >= 4 is 15.7 Å². The Balaban J connectivity index is 0.00000380. The van der Waals surface area contributed by atoms with Crippen molar-refractivity contribution in [1.29, 1.82) is 0 Å². The van der Waals surface area contributed by atoms with Crippen molar-refractivity contribution in [3.63, 3.8) is 0 Å². The molecule has 0 aliphatic carbocycles. The van der Waals surface area contributed by atoms with Gasteiger partial charge in [0.2, 0.25) is 10.0 Å². The van der Waals surface area contributed by atoms with Gasteiger partial charge in [-0.1, -0.05) is 13.3 Å². The number of hydrogen-bond donors (Lipinski definition) is 3. The molecule has 0 saturated carbocycles. The van der Waals surface area contributed by atoms with Crippen LogP contribution in [-0.4, -0.2) is 95.6 Å². The first-order valence-electron chi connectivity index (χ1n) is 12.6. The normalized spacial score (nSPS) is 13.9. The molecule has 3 N–H and O–H groups in total. The third-order valence-electron chi connectivity index (χ3n) is 6.14. The zero-order chi connectivity index (χ0) is 27.0. The molecule has 1 fully saturated rings. The van der Waals surface area contributed by atoms with Crippen LogP contribution < -0.4 is 29.2 Å². The maximum atomic E-state index is 13.4. The van der Waals surface area contributed by atoms with Gasteiger partial charge < -0.3 is 38.5 Å². The Morgan fingerprint density at radius 3 is 2.44 bits per heavy atom. The first-order chi connectivity index (χ1) is 17.7. The fraction of sp³-hybridized carbons (Fsp3) is 0.538. The van der Waals surface area contributed by atoms with Crippen LogP contribution >= 0.6 is 0 Å². The summed E-state index contributed by atoms with van der Waals surface area (Å²) < 4.78 is 33.9. The number of aliphatic hydroxyl groups is 2. The third kappa shape index (κ3) is 8.72. The number of hydrogen-bond acceptors (Lipinski definition) is 8. The Kier molecular flexibility index (Phi) is 14.6. The molecule has 1 aromatic heterocycles. The molecule has 2 heterocycles. The summed E-state index contributed by atoms with van der Waals surface area (Å²) in [5, 5.41) is 28.6. The molecular formula is C26H38LiN5O6S-2. The Hall–Kier alpha value is -2.04. The summed E-state index contributed by atoms with van der Waals surface area (Å²) in [7, 11) is -3.85. The van der Waals surface area contributed by atoms with Crippen molar-refractivity contribution in [1.82, 2.24) is 19.2 Å². The van der Waals surface area contributed by atoms with E-state index >= 15 is 0 Å². The predicted octanol–water partition coefficient (Wildman–Crippen LogP) is -1.31. The van der Waals surface area contributed by atoms with Crippen molar-refractivity contribution in [3.05, 3.63) is 53.1 Å². The summed E-state index contributed by atoms with van der Waals surface area (Å²) in [4.78, 5) is 21.3. The molecular weight excluding hydrogens is 517 g/mol. The van der Waals surface area contributed by atoms with Gasteiger partial charge in [0.25, 0.3) is 0 Å². The number of aliphatic hydroxyl groups excluding tert-OH is 2. The van der Waals surface area contributed by atoms with Crippen LogP contribution in [0, 0.1) is 13.5 Å². The quantitative estimate of drug-likeness (QED) is 0.139. The van der Waals surface area contributed by atoms with Gasteiger partial charge in [-0.05, 0) is 38.0 Å². The monoisotopic (exact) mass is 555 g/mol. The Labute approximate surface area is 243 Å². The van der Waals surface area contributed by atoms with Crippen LogP contribution in [0.15, 0.2) is 27.9 Å². The molecule has 0 bridgehead atoms. The Morgan fingerprint density at radius 1 is 1.23 bits per heavy atom. The number of aromatic amines is 1. The number of H-pyrrole nitrogens is 1. The van der Waals surface area contributed by atoms with Crippen molar-refractivity contribution in [2.24, 2.45) is 0 Å². The van der Waals surface area contributed by atoms with Crippen LogP contribution in [0.5, 0.6) is 5.75 Å². The zero-order valence-electron chi connectivity index (χ0n) is 23.3. The third-order valence-corrected chi connectivity index (χ3v) is 7.97. The average molecular weight is 556 g/mol. The first-order valence-corrected chi connectivity index (χ1v) is 14.0. The van der Waals surface area contributed by atoms with Crippen LogP contribution in [0.3, 0.4) is 0 Å². The second-order valence-corrected chi connectivity index (χ2v) is 10.8. The second-order valence-electron chi connectivity index (χ2n) is 8.84. The minimum Gasteiger partial charge on any atom is -0.906 e. The Bertz CT molecular complexity index is 1230. The van der Waals surface area contributed by atoms with E-state index in [0.29, 0.717) is 64.2 Å². The number of ether oxygens (including phenoxy) is 1. The molecule has 1 aliphatic heterocycles. The second kappa shape index (κ2) is 16.3. The summed E-state index contributed by atoms with van der Waals surface area (Å²) in [6.45, 7) is 5.90. The van der Waals surface area contributed by atoms with Crippen molar-refractivity contribution < 1.29 is 42.2 Å². The molecule has 1 aliphatic rings. The summed E-state index contributed by atoms with van der Waals surface area (Å²) in [6, 6.07) is 6.87. The topological polar surface area (TPSA) is 158 Å². The van der Waals surface area contributed by atoms with Crippen molar-refractivity contribution in [2.45, 2.75) is 50.5 Å². The minimum atomic E-state index is -3.85. The first kappa shape index (κ1) is 35.0. The zero-order valence-corrected chi connectivity index (χ0v) is 24.1. The molecule has 0 spiro atoms. The molecule has 39 heavy (non-hydrogen) atoms. The predicted molar refractivity (Wildman–Crippen MR) is 147 cm³/mol. The van der Waals surface area contributed by atoms with Crippen molar-refractivity contribution in [3.8, 4) is 17.1 Å². The van der Waals surface area contributed by atoms with Crippen LogP contribution in [0.4, 0.5) is 0 Å². The number of sulfonamides is 1. The van der Waals surface area contributed by atoms with Gasteiger partial charge in [0.1, 0.15) is 11.6 Å². The van der Waals surface area contributed by atoms with Gasteiger partial charge in [-0.25, -0.2) is 8.42 Å². The van der Waals surface area contributed by atoms with E-state index in [-0.39, 0.29) is 73.2 Å².